The highest BCUT2D eigenvalue weighted by molar-refractivity contribution is 6.28. The van der Waals surface area contributed by atoms with Crippen LogP contribution >= 0.6 is 11.6 Å². The first-order valence-corrected chi connectivity index (χ1v) is 9.78. The quantitative estimate of drug-likeness (QED) is 0.586. The van der Waals surface area contributed by atoms with Crippen LogP contribution in [0.5, 0.6) is 0 Å². The molecule has 0 atom stereocenters. The van der Waals surface area contributed by atoms with Crippen LogP contribution in [0.1, 0.15) is 57.3 Å². The number of likely N-dealkylation sites (tertiary alicyclic amines) is 1. The number of nitrogens with zero attached hydrogens (tertiary/aromatic N) is 3. The second-order valence-corrected chi connectivity index (χ2v) is 8.40. The third-order valence-electron chi connectivity index (χ3n) is 4.46. The molecule has 0 aliphatic carbocycles. The molecule has 1 saturated heterocycles. The molecule has 1 aliphatic rings. The third-order valence-corrected chi connectivity index (χ3v) is 4.64. The van der Waals surface area contributed by atoms with E-state index in [0.717, 1.165) is 25.9 Å². The Hall–Kier alpha value is -1.89. The van der Waals surface area contributed by atoms with Gasteiger partial charge in [0.05, 0.1) is 6.61 Å². The molecule has 0 aromatic carbocycles. The van der Waals surface area contributed by atoms with Gasteiger partial charge in [-0.1, -0.05) is 20.8 Å². The smallest absolute Gasteiger partial charge is 0.343 e. The molecular formula is C19H29ClN4O3. The average Bonchev–Trinajstić information content (AvgIpc) is 2.59. The van der Waals surface area contributed by atoms with E-state index in [-0.39, 0.29) is 28.8 Å². The highest BCUT2D eigenvalue weighted by Crippen LogP contribution is 2.24. The highest BCUT2D eigenvalue weighted by Gasteiger charge is 2.26. The van der Waals surface area contributed by atoms with Gasteiger partial charge in [-0.05, 0) is 42.7 Å². The van der Waals surface area contributed by atoms with Gasteiger partial charge >= 0.3 is 5.97 Å². The maximum atomic E-state index is 12.3. The predicted molar refractivity (Wildman–Crippen MR) is 105 cm³/mol. The fourth-order valence-corrected chi connectivity index (χ4v) is 3.18. The summed E-state index contributed by atoms with van der Waals surface area (Å²) in [7, 11) is 0. The van der Waals surface area contributed by atoms with Crippen molar-refractivity contribution >= 4 is 29.3 Å². The summed E-state index contributed by atoms with van der Waals surface area (Å²) in [6.07, 6.45) is 3.77. The third kappa shape index (κ3) is 6.65. The van der Waals surface area contributed by atoms with Gasteiger partial charge in [0.1, 0.15) is 11.4 Å². The number of carbonyl (C=O) groups excluding carboxylic acids is 2. The molecule has 0 bridgehead atoms. The molecule has 1 aliphatic heterocycles. The Bertz CT molecular complexity index is 667. The number of aromatic nitrogens is 2. The monoisotopic (exact) mass is 396 g/mol. The van der Waals surface area contributed by atoms with Crippen LogP contribution in [0, 0.1) is 11.3 Å². The van der Waals surface area contributed by atoms with E-state index >= 15 is 0 Å². The number of esters is 1. The van der Waals surface area contributed by atoms with Crippen LogP contribution in [0.25, 0.3) is 0 Å². The lowest BCUT2D eigenvalue weighted by Crippen LogP contribution is -2.41. The van der Waals surface area contributed by atoms with Crippen LogP contribution in [0.15, 0.2) is 6.20 Å². The minimum atomic E-state index is -0.473. The average molecular weight is 397 g/mol. The van der Waals surface area contributed by atoms with Crippen molar-refractivity contribution in [1.82, 2.24) is 14.9 Å². The normalized spacial score (nSPS) is 15.5. The van der Waals surface area contributed by atoms with Crippen molar-refractivity contribution < 1.29 is 14.3 Å². The van der Waals surface area contributed by atoms with E-state index in [9.17, 15) is 9.59 Å². The molecule has 27 heavy (non-hydrogen) atoms. The molecule has 1 aromatic heterocycles. The number of hydrogen-bond donors (Lipinski definition) is 1. The summed E-state index contributed by atoms with van der Waals surface area (Å²) in [6.45, 7) is 10.4. The van der Waals surface area contributed by atoms with Crippen LogP contribution < -0.4 is 5.32 Å². The number of piperidine rings is 1. The molecule has 0 unspecified atom stereocenters. The van der Waals surface area contributed by atoms with Gasteiger partial charge < -0.3 is 15.0 Å². The molecular weight excluding hydrogens is 368 g/mol. The maximum Gasteiger partial charge on any atom is 0.343 e. The lowest BCUT2D eigenvalue weighted by atomic mass is 9.90. The van der Waals surface area contributed by atoms with E-state index in [4.69, 9.17) is 16.3 Å². The summed E-state index contributed by atoms with van der Waals surface area (Å²) >= 11 is 5.87. The van der Waals surface area contributed by atoms with Gasteiger partial charge in [-0.3, -0.25) is 4.79 Å². The molecule has 150 valence electrons. The Labute approximate surface area is 165 Å². The van der Waals surface area contributed by atoms with E-state index in [1.807, 2.05) is 4.90 Å². The maximum absolute atomic E-state index is 12.3. The summed E-state index contributed by atoms with van der Waals surface area (Å²) < 4.78 is 5.03. The predicted octanol–water partition coefficient (Wildman–Crippen LogP) is 3.39. The molecule has 8 heteroatoms. The minimum absolute atomic E-state index is 0.00523. The van der Waals surface area contributed by atoms with Gasteiger partial charge in [-0.15, -0.1) is 0 Å². The van der Waals surface area contributed by atoms with Crippen molar-refractivity contribution in [3.8, 4) is 0 Å². The molecule has 0 saturated carbocycles. The molecule has 1 fully saturated rings. The zero-order valence-corrected chi connectivity index (χ0v) is 17.3. The zero-order chi connectivity index (χ0) is 20.0. The van der Waals surface area contributed by atoms with E-state index in [1.54, 1.807) is 6.92 Å². The fourth-order valence-electron chi connectivity index (χ4n) is 3.05. The number of hydrogen-bond acceptors (Lipinski definition) is 6. The highest BCUT2D eigenvalue weighted by atomic mass is 35.5. The van der Waals surface area contributed by atoms with Gasteiger partial charge in [0.25, 0.3) is 0 Å². The van der Waals surface area contributed by atoms with Gasteiger partial charge in [0.15, 0.2) is 0 Å². The number of nitrogens with one attached hydrogen (secondary N) is 1. The molecule has 2 heterocycles. The van der Waals surface area contributed by atoms with Gasteiger partial charge in [0, 0.05) is 32.3 Å². The largest absolute Gasteiger partial charge is 0.462 e. The molecule has 0 spiro atoms. The first-order chi connectivity index (χ1) is 12.7. The minimum Gasteiger partial charge on any atom is -0.462 e. The number of halogens is 1. The summed E-state index contributed by atoms with van der Waals surface area (Å²) in [5, 5.41) is 3.28. The zero-order valence-electron chi connectivity index (χ0n) is 16.5. The summed E-state index contributed by atoms with van der Waals surface area (Å²) in [6, 6.07) is 0. The SMILES string of the molecule is CCOC(=O)c1cnc(Cl)nc1NCC1CCN(C(=O)CC(C)(C)C)CC1. The van der Waals surface area contributed by atoms with Gasteiger partial charge in [-0.25, -0.2) is 9.78 Å². The second-order valence-electron chi connectivity index (χ2n) is 8.06. The van der Waals surface area contributed by atoms with E-state index < -0.39 is 5.97 Å². The standard InChI is InChI=1S/C19H29ClN4O3/c1-5-27-17(26)14-12-22-18(20)23-16(14)21-11-13-6-8-24(9-7-13)15(25)10-19(2,3)4/h12-13H,5-11H2,1-4H3,(H,21,22,23). The van der Waals surface area contributed by atoms with Crippen molar-refractivity contribution in [3.05, 3.63) is 17.0 Å². The lowest BCUT2D eigenvalue weighted by molar-refractivity contribution is -0.134. The van der Waals surface area contributed by atoms with Crippen molar-refractivity contribution in [3.63, 3.8) is 0 Å². The van der Waals surface area contributed by atoms with Gasteiger partial charge in [-0.2, -0.15) is 4.98 Å². The first kappa shape index (κ1) is 21.4. The number of rotatable bonds is 6. The summed E-state index contributed by atoms with van der Waals surface area (Å²) in [5.74, 6) is 0.535. The van der Waals surface area contributed by atoms with Crippen LogP contribution in [-0.2, 0) is 9.53 Å². The molecule has 0 radical (unpaired) electrons. The number of anilines is 1. The Morgan fingerprint density at radius 3 is 2.59 bits per heavy atom. The van der Waals surface area contributed by atoms with E-state index in [1.165, 1.54) is 6.20 Å². The fraction of sp³-hybridized carbons (Fsp3) is 0.684. The van der Waals surface area contributed by atoms with Crippen molar-refractivity contribution in [1.29, 1.82) is 0 Å². The number of carbonyl (C=O) groups is 2. The molecule has 1 N–H and O–H groups in total. The molecule has 1 aromatic rings. The van der Waals surface area contributed by atoms with E-state index in [0.29, 0.717) is 24.7 Å². The van der Waals surface area contributed by atoms with Crippen LogP contribution in [0.4, 0.5) is 5.82 Å². The summed E-state index contributed by atoms with van der Waals surface area (Å²) in [5.41, 5.74) is 0.282. The van der Waals surface area contributed by atoms with Crippen molar-refractivity contribution in [2.45, 2.75) is 47.0 Å². The molecule has 7 nitrogen and oxygen atoms in total. The Morgan fingerprint density at radius 1 is 1.33 bits per heavy atom. The second kappa shape index (κ2) is 9.35. The first-order valence-electron chi connectivity index (χ1n) is 9.41. The van der Waals surface area contributed by atoms with Crippen molar-refractivity contribution in [2.24, 2.45) is 11.3 Å². The topological polar surface area (TPSA) is 84.4 Å². The van der Waals surface area contributed by atoms with Gasteiger partial charge in [0.2, 0.25) is 11.2 Å². The van der Waals surface area contributed by atoms with Crippen LogP contribution in [0.3, 0.4) is 0 Å². The Kier molecular flexibility index (Phi) is 7.41. The number of ether oxygens (including phenoxy) is 1. The Morgan fingerprint density at radius 2 is 2.00 bits per heavy atom. The van der Waals surface area contributed by atoms with Crippen LogP contribution in [-0.4, -0.2) is 53.0 Å². The molecule has 1 amide bonds. The summed E-state index contributed by atoms with van der Waals surface area (Å²) in [4.78, 5) is 34.3. The number of amides is 1. The molecule has 2 rings (SSSR count). The van der Waals surface area contributed by atoms with Crippen molar-refractivity contribution in [2.75, 3.05) is 31.6 Å². The van der Waals surface area contributed by atoms with Crippen LogP contribution in [0.2, 0.25) is 5.28 Å². The lowest BCUT2D eigenvalue weighted by Gasteiger charge is -2.33. The van der Waals surface area contributed by atoms with E-state index in [2.05, 4.69) is 36.1 Å². The Balaban J connectivity index is 1.89.